The molecule has 2 saturated carbocycles. The third-order valence-electron chi connectivity index (χ3n) is 5.50. The number of rotatable bonds is 0. The maximum Gasteiger partial charge on any atom is 0.136 e. The fourth-order valence-electron chi connectivity index (χ4n) is 4.36. The minimum atomic E-state index is -0.688. The summed E-state index contributed by atoms with van der Waals surface area (Å²) in [5, 5.41) is 10.7. The number of aliphatic hydroxyl groups is 1. The van der Waals surface area contributed by atoms with Crippen molar-refractivity contribution >= 4 is 5.78 Å². The maximum absolute atomic E-state index is 12.0. The third kappa shape index (κ3) is 1.55. The van der Waals surface area contributed by atoms with Crippen LogP contribution in [-0.4, -0.2) is 16.5 Å². The molecule has 1 N–H and O–H groups in total. The second-order valence-electron chi connectivity index (χ2n) is 6.61. The predicted molar refractivity (Wildman–Crippen MR) is 71.0 cm³/mol. The van der Waals surface area contributed by atoms with Gasteiger partial charge in [0, 0.05) is 18.3 Å². The zero-order valence-corrected chi connectivity index (χ0v) is 11.4. The number of carbonyl (C=O) groups excluding carboxylic acids is 1. The average Bonchev–Trinajstić information content (AvgIpc) is 2.76. The van der Waals surface area contributed by atoms with E-state index in [0.717, 1.165) is 18.4 Å². The molecule has 0 aromatic rings. The van der Waals surface area contributed by atoms with Crippen LogP contribution >= 0.6 is 0 Å². The van der Waals surface area contributed by atoms with Gasteiger partial charge in [-0.05, 0) is 44.1 Å². The molecule has 0 radical (unpaired) electrons. The average molecular weight is 246 g/mol. The molecule has 3 aliphatic carbocycles. The molecular weight excluding hydrogens is 224 g/mol. The Hall–Kier alpha value is -0.890. The highest BCUT2D eigenvalue weighted by Crippen LogP contribution is 2.53. The van der Waals surface area contributed by atoms with E-state index in [1.807, 2.05) is 6.92 Å². The molecule has 0 aromatic carbocycles. The summed E-state index contributed by atoms with van der Waals surface area (Å²) in [5.74, 6) is 1.79. The van der Waals surface area contributed by atoms with Gasteiger partial charge in [-0.25, -0.2) is 0 Å². The van der Waals surface area contributed by atoms with Crippen LogP contribution in [0, 0.1) is 23.7 Å². The molecule has 0 saturated heterocycles. The Bertz CT molecular complexity index is 456. The fraction of sp³-hybridized carbons (Fsp3) is 0.688. The Morgan fingerprint density at radius 2 is 2.06 bits per heavy atom. The van der Waals surface area contributed by atoms with Crippen molar-refractivity contribution in [2.45, 2.75) is 45.6 Å². The van der Waals surface area contributed by atoms with Gasteiger partial charge in [-0.3, -0.25) is 4.79 Å². The number of ketones is 1. The molecule has 2 unspecified atom stereocenters. The van der Waals surface area contributed by atoms with Crippen LogP contribution in [0.3, 0.4) is 0 Å². The molecule has 3 aliphatic rings. The molecule has 98 valence electrons. The van der Waals surface area contributed by atoms with E-state index < -0.39 is 5.60 Å². The van der Waals surface area contributed by atoms with Gasteiger partial charge in [0.25, 0.3) is 0 Å². The van der Waals surface area contributed by atoms with Crippen molar-refractivity contribution in [3.05, 3.63) is 23.3 Å². The first-order chi connectivity index (χ1) is 8.42. The van der Waals surface area contributed by atoms with Crippen LogP contribution in [0.5, 0.6) is 0 Å². The molecule has 18 heavy (non-hydrogen) atoms. The quantitative estimate of drug-likeness (QED) is 0.713. The molecular formula is C16H22O2. The first-order valence-corrected chi connectivity index (χ1v) is 7.06. The Kier molecular flexibility index (Phi) is 2.57. The van der Waals surface area contributed by atoms with Gasteiger partial charge in [-0.15, -0.1) is 0 Å². The normalized spacial score (nSPS) is 47.2. The first-order valence-electron chi connectivity index (χ1n) is 7.06. The highest BCUT2D eigenvalue weighted by Gasteiger charge is 2.50. The van der Waals surface area contributed by atoms with Crippen molar-refractivity contribution in [2.24, 2.45) is 23.7 Å². The molecule has 5 atom stereocenters. The Morgan fingerprint density at radius 1 is 1.33 bits per heavy atom. The van der Waals surface area contributed by atoms with E-state index in [4.69, 9.17) is 0 Å². The van der Waals surface area contributed by atoms with E-state index in [9.17, 15) is 9.90 Å². The molecule has 2 heteroatoms. The zero-order valence-electron chi connectivity index (χ0n) is 11.4. The van der Waals surface area contributed by atoms with E-state index in [0.29, 0.717) is 30.0 Å². The van der Waals surface area contributed by atoms with Gasteiger partial charge in [-0.2, -0.15) is 0 Å². The van der Waals surface area contributed by atoms with Gasteiger partial charge >= 0.3 is 0 Å². The van der Waals surface area contributed by atoms with Crippen molar-refractivity contribution in [3.63, 3.8) is 0 Å². The zero-order chi connectivity index (χ0) is 13.1. The van der Waals surface area contributed by atoms with Gasteiger partial charge in [-0.1, -0.05) is 24.6 Å². The number of fused-ring (bicyclic) bond motifs is 3. The summed E-state index contributed by atoms with van der Waals surface area (Å²) < 4.78 is 0. The van der Waals surface area contributed by atoms with Crippen LogP contribution in [0.2, 0.25) is 0 Å². The molecule has 2 nitrogen and oxygen atoms in total. The minimum absolute atomic E-state index is 0.179. The van der Waals surface area contributed by atoms with Crippen molar-refractivity contribution in [3.8, 4) is 0 Å². The lowest BCUT2D eigenvalue weighted by atomic mass is 9.76. The standard InChI is InChI=1S/C16H22O2/c1-9-4-5-13-15(9)12-8-14(17)10(2)11(12)6-7-16(13,3)18/h4-5,10-12,15,18H,6-8H2,1-3H3/t10?,11?,12-,15+,16-/m0/s1. The summed E-state index contributed by atoms with van der Waals surface area (Å²) in [6, 6.07) is 0. The first kappa shape index (κ1) is 12.2. The molecule has 0 bridgehead atoms. The second kappa shape index (κ2) is 3.80. The van der Waals surface area contributed by atoms with Crippen LogP contribution in [0.15, 0.2) is 23.3 Å². The maximum atomic E-state index is 12.0. The third-order valence-corrected chi connectivity index (χ3v) is 5.50. The van der Waals surface area contributed by atoms with Crippen molar-refractivity contribution in [1.82, 2.24) is 0 Å². The summed E-state index contributed by atoms with van der Waals surface area (Å²) in [7, 11) is 0. The summed E-state index contributed by atoms with van der Waals surface area (Å²) in [6.07, 6.45) is 6.69. The molecule has 0 aromatic heterocycles. The lowest BCUT2D eigenvalue weighted by Crippen LogP contribution is -2.30. The van der Waals surface area contributed by atoms with Gasteiger partial charge in [0.05, 0.1) is 5.60 Å². The second-order valence-corrected chi connectivity index (χ2v) is 6.61. The highest BCUT2D eigenvalue weighted by molar-refractivity contribution is 5.84. The smallest absolute Gasteiger partial charge is 0.136 e. The summed E-state index contributed by atoms with van der Waals surface area (Å²) in [5.41, 5.74) is 1.78. The Morgan fingerprint density at radius 3 is 2.78 bits per heavy atom. The topological polar surface area (TPSA) is 37.3 Å². The van der Waals surface area contributed by atoms with Crippen LogP contribution < -0.4 is 0 Å². The van der Waals surface area contributed by atoms with Crippen molar-refractivity contribution < 1.29 is 9.90 Å². The van der Waals surface area contributed by atoms with Gasteiger partial charge in [0.15, 0.2) is 0 Å². The Labute approximate surface area is 109 Å². The van der Waals surface area contributed by atoms with Crippen LogP contribution in [-0.2, 0) is 4.79 Å². The number of carbonyl (C=O) groups is 1. The lowest BCUT2D eigenvalue weighted by molar-refractivity contribution is -0.120. The van der Waals surface area contributed by atoms with Crippen LogP contribution in [0.1, 0.15) is 40.0 Å². The molecule has 0 amide bonds. The molecule has 0 heterocycles. The number of allylic oxidation sites excluding steroid dienone is 3. The Balaban J connectivity index is 2.03. The van der Waals surface area contributed by atoms with Gasteiger partial charge in [0.1, 0.15) is 5.78 Å². The van der Waals surface area contributed by atoms with E-state index in [1.165, 1.54) is 5.57 Å². The highest BCUT2D eigenvalue weighted by atomic mass is 16.3. The summed E-state index contributed by atoms with van der Waals surface area (Å²) in [4.78, 5) is 12.0. The number of Topliss-reactive ketones (excluding diaryl/α,β-unsaturated/α-hetero) is 1. The minimum Gasteiger partial charge on any atom is -0.386 e. The molecule has 0 aliphatic heterocycles. The van der Waals surface area contributed by atoms with E-state index in [2.05, 4.69) is 26.0 Å². The number of hydrogen-bond donors (Lipinski definition) is 1. The fourth-order valence-corrected chi connectivity index (χ4v) is 4.36. The largest absolute Gasteiger partial charge is 0.386 e. The number of hydrogen-bond acceptors (Lipinski definition) is 2. The van der Waals surface area contributed by atoms with E-state index in [-0.39, 0.29) is 5.92 Å². The van der Waals surface area contributed by atoms with E-state index in [1.54, 1.807) is 0 Å². The predicted octanol–water partition coefficient (Wildman–Crippen LogP) is 2.88. The van der Waals surface area contributed by atoms with Crippen molar-refractivity contribution in [1.29, 1.82) is 0 Å². The van der Waals surface area contributed by atoms with Crippen LogP contribution in [0.4, 0.5) is 0 Å². The SMILES string of the molecule is CC1=CC=C2[C@H]1[C@H]1CC(=O)C(C)C1CC[C@]2(C)O. The lowest BCUT2D eigenvalue weighted by Gasteiger charge is -2.30. The monoisotopic (exact) mass is 246 g/mol. The van der Waals surface area contributed by atoms with Crippen molar-refractivity contribution in [2.75, 3.05) is 0 Å². The van der Waals surface area contributed by atoms with Gasteiger partial charge in [0.2, 0.25) is 0 Å². The van der Waals surface area contributed by atoms with Crippen LogP contribution in [0.25, 0.3) is 0 Å². The molecule has 0 spiro atoms. The summed E-state index contributed by atoms with van der Waals surface area (Å²) in [6.45, 7) is 6.15. The summed E-state index contributed by atoms with van der Waals surface area (Å²) >= 11 is 0. The van der Waals surface area contributed by atoms with Gasteiger partial charge < -0.3 is 5.11 Å². The molecule has 3 rings (SSSR count). The van der Waals surface area contributed by atoms with E-state index >= 15 is 0 Å². The molecule has 2 fully saturated rings.